The molecule has 1 atom stereocenters. The highest BCUT2D eigenvalue weighted by Gasteiger charge is 2.47. The zero-order chi connectivity index (χ0) is 9.90. The zero-order valence-corrected chi connectivity index (χ0v) is 8.26. The Labute approximate surface area is 78.5 Å². The summed E-state index contributed by atoms with van der Waals surface area (Å²) in [5.74, 6) is -0.350. The summed E-state index contributed by atoms with van der Waals surface area (Å²) in [4.78, 5) is 22.8. The van der Waals surface area contributed by atoms with E-state index in [9.17, 15) is 9.59 Å². The molecule has 0 aromatic rings. The van der Waals surface area contributed by atoms with Gasteiger partial charge in [0.1, 0.15) is 11.2 Å². The van der Waals surface area contributed by atoms with Crippen LogP contribution in [0.3, 0.4) is 0 Å². The number of carbonyl (C=O) groups is 2. The molecule has 1 fully saturated rings. The van der Waals surface area contributed by atoms with Gasteiger partial charge in [0.2, 0.25) is 0 Å². The van der Waals surface area contributed by atoms with Crippen molar-refractivity contribution in [2.75, 3.05) is 6.61 Å². The molecule has 0 aliphatic carbocycles. The van der Waals surface area contributed by atoms with Crippen molar-refractivity contribution < 1.29 is 14.3 Å². The van der Waals surface area contributed by atoms with E-state index in [2.05, 4.69) is 0 Å². The summed E-state index contributed by atoms with van der Waals surface area (Å²) in [6, 6.07) is 0. The molecule has 3 heteroatoms. The van der Waals surface area contributed by atoms with Crippen LogP contribution in [0.4, 0.5) is 0 Å². The van der Waals surface area contributed by atoms with E-state index < -0.39 is 5.41 Å². The van der Waals surface area contributed by atoms with Crippen LogP contribution >= 0.6 is 0 Å². The molecule has 0 aromatic carbocycles. The van der Waals surface area contributed by atoms with E-state index in [0.29, 0.717) is 19.4 Å². The minimum absolute atomic E-state index is 0.0385. The Morgan fingerprint density at radius 3 is 2.69 bits per heavy atom. The van der Waals surface area contributed by atoms with Crippen LogP contribution in [0.25, 0.3) is 0 Å². The van der Waals surface area contributed by atoms with Crippen molar-refractivity contribution >= 4 is 11.8 Å². The number of ketones is 1. The Bertz CT molecular complexity index is 222. The minimum Gasteiger partial charge on any atom is -0.465 e. The third-order valence-electron chi connectivity index (χ3n) is 2.78. The van der Waals surface area contributed by atoms with Crippen LogP contribution in [0, 0.1) is 5.41 Å². The molecular weight excluding hydrogens is 168 g/mol. The van der Waals surface area contributed by atoms with Crippen LogP contribution in [0.1, 0.15) is 39.5 Å². The molecule has 74 valence electrons. The lowest BCUT2D eigenvalue weighted by molar-refractivity contribution is -0.151. The smallest absolute Gasteiger partial charge is 0.319 e. The molecular formula is C10H16O3. The number of Topliss-reactive ketones (excluding diaryl/α,β-unsaturated/α-hetero) is 1. The lowest BCUT2D eigenvalue weighted by Crippen LogP contribution is -2.33. The van der Waals surface area contributed by atoms with Gasteiger partial charge in [0, 0.05) is 6.42 Å². The van der Waals surface area contributed by atoms with Crippen LogP contribution in [0.15, 0.2) is 0 Å². The number of cyclic esters (lactones) is 1. The summed E-state index contributed by atoms with van der Waals surface area (Å²) < 4.78 is 4.87. The first-order valence-corrected chi connectivity index (χ1v) is 4.82. The van der Waals surface area contributed by atoms with Crippen LogP contribution in [-0.4, -0.2) is 18.4 Å². The van der Waals surface area contributed by atoms with Gasteiger partial charge < -0.3 is 4.74 Å². The van der Waals surface area contributed by atoms with E-state index in [4.69, 9.17) is 4.74 Å². The highest BCUT2D eigenvalue weighted by molar-refractivity contribution is 6.03. The fourth-order valence-corrected chi connectivity index (χ4v) is 1.76. The minimum atomic E-state index is -0.796. The molecule has 1 unspecified atom stereocenters. The summed E-state index contributed by atoms with van der Waals surface area (Å²) >= 11 is 0. The average Bonchev–Trinajstić information content (AvgIpc) is 2.45. The van der Waals surface area contributed by atoms with E-state index in [1.165, 1.54) is 6.92 Å². The van der Waals surface area contributed by atoms with Gasteiger partial charge >= 0.3 is 5.97 Å². The van der Waals surface area contributed by atoms with Gasteiger partial charge in [0.25, 0.3) is 0 Å². The van der Waals surface area contributed by atoms with E-state index in [0.717, 1.165) is 12.8 Å². The monoisotopic (exact) mass is 184 g/mol. The second-order valence-electron chi connectivity index (χ2n) is 3.63. The van der Waals surface area contributed by atoms with Crippen LogP contribution < -0.4 is 0 Å². The summed E-state index contributed by atoms with van der Waals surface area (Å²) in [5.41, 5.74) is -0.796. The number of esters is 1. The summed E-state index contributed by atoms with van der Waals surface area (Å²) in [6.07, 6.45) is 3.13. The fraction of sp³-hybridized carbons (Fsp3) is 0.800. The molecule has 1 heterocycles. The van der Waals surface area contributed by atoms with Crippen LogP contribution in [0.2, 0.25) is 0 Å². The third kappa shape index (κ3) is 1.74. The second kappa shape index (κ2) is 3.90. The van der Waals surface area contributed by atoms with Gasteiger partial charge in [0.15, 0.2) is 0 Å². The van der Waals surface area contributed by atoms with Crippen LogP contribution in [0.5, 0.6) is 0 Å². The highest BCUT2D eigenvalue weighted by atomic mass is 16.5. The lowest BCUT2D eigenvalue weighted by atomic mass is 9.78. The Hall–Kier alpha value is -0.860. The standard InChI is InChI=1S/C10H16O3/c1-3-4-5-10(8(2)11)6-7-13-9(10)12/h3-7H2,1-2H3. The molecule has 1 saturated heterocycles. The Morgan fingerprint density at radius 2 is 2.31 bits per heavy atom. The van der Waals surface area contributed by atoms with Gasteiger partial charge in [-0.1, -0.05) is 19.8 Å². The normalized spacial score (nSPS) is 27.4. The summed E-state index contributed by atoms with van der Waals surface area (Å²) in [7, 11) is 0. The van der Waals surface area contributed by atoms with Gasteiger partial charge in [-0.2, -0.15) is 0 Å². The molecule has 0 aromatic heterocycles. The largest absolute Gasteiger partial charge is 0.465 e. The Morgan fingerprint density at radius 1 is 1.62 bits per heavy atom. The number of rotatable bonds is 4. The molecule has 0 N–H and O–H groups in total. The average molecular weight is 184 g/mol. The SMILES string of the molecule is CCCCC1(C(C)=O)CCOC1=O. The topological polar surface area (TPSA) is 43.4 Å². The maximum absolute atomic E-state index is 11.4. The summed E-state index contributed by atoms with van der Waals surface area (Å²) in [6.45, 7) is 3.94. The van der Waals surface area contributed by atoms with E-state index in [-0.39, 0.29) is 11.8 Å². The first-order chi connectivity index (χ1) is 6.13. The first-order valence-electron chi connectivity index (χ1n) is 4.82. The van der Waals surface area contributed by atoms with Crippen molar-refractivity contribution in [2.24, 2.45) is 5.41 Å². The zero-order valence-electron chi connectivity index (χ0n) is 8.26. The van der Waals surface area contributed by atoms with Gasteiger partial charge in [-0.05, 0) is 13.3 Å². The highest BCUT2D eigenvalue weighted by Crippen LogP contribution is 2.36. The van der Waals surface area contributed by atoms with Crippen molar-refractivity contribution in [1.82, 2.24) is 0 Å². The van der Waals surface area contributed by atoms with Crippen molar-refractivity contribution in [3.63, 3.8) is 0 Å². The molecule has 0 saturated carbocycles. The Kier molecular flexibility index (Phi) is 3.07. The van der Waals surface area contributed by atoms with Crippen molar-refractivity contribution in [2.45, 2.75) is 39.5 Å². The van der Waals surface area contributed by atoms with E-state index in [1.807, 2.05) is 6.92 Å². The van der Waals surface area contributed by atoms with Crippen LogP contribution in [-0.2, 0) is 14.3 Å². The third-order valence-corrected chi connectivity index (χ3v) is 2.78. The van der Waals surface area contributed by atoms with Gasteiger partial charge in [0.05, 0.1) is 6.61 Å². The van der Waals surface area contributed by atoms with Gasteiger partial charge in [-0.25, -0.2) is 0 Å². The molecule has 1 aliphatic rings. The second-order valence-corrected chi connectivity index (χ2v) is 3.63. The molecule has 1 rings (SSSR count). The predicted molar refractivity (Wildman–Crippen MR) is 48.2 cm³/mol. The van der Waals surface area contributed by atoms with E-state index >= 15 is 0 Å². The molecule has 1 aliphatic heterocycles. The predicted octanol–water partition coefficient (Wildman–Crippen LogP) is 1.70. The maximum Gasteiger partial charge on any atom is 0.319 e. The Balaban J connectivity index is 2.74. The number of hydrogen-bond donors (Lipinski definition) is 0. The quantitative estimate of drug-likeness (QED) is 0.493. The van der Waals surface area contributed by atoms with Gasteiger partial charge in [-0.15, -0.1) is 0 Å². The molecule has 0 bridgehead atoms. The molecule has 0 radical (unpaired) electrons. The molecule has 0 spiro atoms. The number of ether oxygens (including phenoxy) is 1. The maximum atomic E-state index is 11.4. The van der Waals surface area contributed by atoms with Crippen molar-refractivity contribution in [3.8, 4) is 0 Å². The lowest BCUT2D eigenvalue weighted by Gasteiger charge is -2.20. The first kappa shape index (κ1) is 10.2. The van der Waals surface area contributed by atoms with Gasteiger partial charge in [-0.3, -0.25) is 9.59 Å². The van der Waals surface area contributed by atoms with Crippen molar-refractivity contribution in [1.29, 1.82) is 0 Å². The number of unbranched alkanes of at least 4 members (excludes halogenated alkanes) is 1. The van der Waals surface area contributed by atoms with E-state index in [1.54, 1.807) is 0 Å². The number of carbonyl (C=O) groups excluding carboxylic acids is 2. The summed E-state index contributed by atoms with van der Waals surface area (Å²) in [5, 5.41) is 0. The molecule has 13 heavy (non-hydrogen) atoms. The fourth-order valence-electron chi connectivity index (χ4n) is 1.76. The molecule has 3 nitrogen and oxygen atoms in total. The van der Waals surface area contributed by atoms with Crippen molar-refractivity contribution in [3.05, 3.63) is 0 Å². The molecule has 0 amide bonds. The number of hydrogen-bond acceptors (Lipinski definition) is 3.